The molecule has 101 heavy (non-hydrogen) atoms. The van der Waals surface area contributed by atoms with Crippen molar-refractivity contribution in [2.45, 2.75) is 264 Å². The molecule has 0 bridgehead atoms. The van der Waals surface area contributed by atoms with Gasteiger partial charge in [-0.2, -0.15) is 8.61 Å². The molecule has 0 aromatic carbocycles. The van der Waals surface area contributed by atoms with Crippen molar-refractivity contribution in [2.75, 3.05) is 63.9 Å². The van der Waals surface area contributed by atoms with Crippen molar-refractivity contribution < 1.29 is 79.3 Å². The van der Waals surface area contributed by atoms with Gasteiger partial charge in [0.05, 0.1) is 23.6 Å². The molecular weight excluding hydrogens is 1370 g/mol. The van der Waals surface area contributed by atoms with Crippen LogP contribution in [0.15, 0.2) is 25.3 Å². The van der Waals surface area contributed by atoms with Gasteiger partial charge in [0.2, 0.25) is 43.7 Å². The first kappa shape index (κ1) is 86.2. The predicted molar refractivity (Wildman–Crippen MR) is 393 cm³/mol. The molecule has 7 N–H and O–H groups in total. The van der Waals surface area contributed by atoms with Crippen molar-refractivity contribution in [3.63, 3.8) is 0 Å². The Morgan fingerprint density at radius 3 is 1.31 bits per heavy atom. The lowest BCUT2D eigenvalue weighted by Crippen LogP contribution is -2.61. The first-order valence-electron chi connectivity index (χ1n) is 36.4. The second-order valence-corrected chi connectivity index (χ2v) is 49.5. The third-order valence-corrected chi connectivity index (χ3v) is 28.1. The molecule has 6 fully saturated rings. The summed E-state index contributed by atoms with van der Waals surface area (Å²) in [5.41, 5.74) is -2.27. The summed E-state index contributed by atoms with van der Waals surface area (Å²) in [6, 6.07) is -5.24. The van der Waals surface area contributed by atoms with Gasteiger partial charge in [0.1, 0.15) is 35.4 Å². The van der Waals surface area contributed by atoms with Crippen molar-refractivity contribution in [3.8, 4) is 0 Å². The fourth-order valence-corrected chi connectivity index (χ4v) is 23.3. The van der Waals surface area contributed by atoms with Crippen LogP contribution in [0.25, 0.3) is 0 Å². The van der Waals surface area contributed by atoms with Crippen LogP contribution in [0.1, 0.15) is 153 Å². The molecule has 0 aromatic rings. The first-order chi connectivity index (χ1) is 46.6. The first-order valence-corrected chi connectivity index (χ1v) is 47.0. The molecule has 4 aliphatic heterocycles. The van der Waals surface area contributed by atoms with E-state index in [9.17, 15) is 65.1 Å². The topological polar surface area (TPSA) is 355 Å². The zero-order chi connectivity index (χ0) is 76.2. The molecule has 0 spiro atoms. The minimum atomic E-state index is -3.82. The second kappa shape index (κ2) is 35.5. The van der Waals surface area contributed by atoms with E-state index in [-0.39, 0.29) is 98.4 Å². The maximum Gasteiger partial charge on any atom is 0.408 e. The number of carbonyl (C=O) groups is 9. The monoisotopic (exact) mass is 1500 g/mol. The molecule has 6 aliphatic rings. The fraction of sp³-hybridized carbons (Fsp3) is 0.814. The maximum atomic E-state index is 14.6. The SMILES string of the molecule is C=CCNC(=O)C(O)[C@@H]1CCCCCCCN(S(=O)(=O)CC[Si](C)(C)C)C[C@H](NC(=O)OC(C)(C)C)C(=O)N2C[C@H]3[C@@H]([C@H]2C(=O)N1)C3(C)C.C=CCNC(=O)C(OC(C)=O)[C@@H]1CCCCCCCN(S(=O)(=O)CC[Si](C)(C)C)C[C@H](NC(=O)OC(C)(C)C)C(=O)N2C[C@H]3[C@@H]([C@H]2C(=O)N1)C3(C)C. The molecule has 31 heteroatoms. The van der Waals surface area contributed by atoms with Crippen LogP contribution in [0.4, 0.5) is 9.59 Å². The Morgan fingerprint density at radius 2 is 0.941 bits per heavy atom. The average Bonchev–Trinajstić information content (AvgIpc) is 1.53. The zero-order valence-corrected chi connectivity index (χ0v) is 67.2. The third-order valence-electron chi connectivity index (χ3n) is 20.2. The van der Waals surface area contributed by atoms with Gasteiger partial charge in [0.25, 0.3) is 11.8 Å². The number of aliphatic hydroxyl groups excluding tert-OH is 1. The highest BCUT2D eigenvalue weighted by Gasteiger charge is 2.71. The van der Waals surface area contributed by atoms with E-state index in [0.717, 1.165) is 25.7 Å². The van der Waals surface area contributed by atoms with Gasteiger partial charge in [-0.1, -0.05) is 130 Å². The number of sulfonamides is 2. The lowest BCUT2D eigenvalue weighted by atomic mass is 9.97. The highest BCUT2D eigenvalue weighted by atomic mass is 32.2. The minimum Gasteiger partial charge on any atom is -0.450 e. The predicted octanol–water partition coefficient (Wildman–Crippen LogP) is 6.24. The fourth-order valence-electron chi connectivity index (χ4n) is 14.3. The quantitative estimate of drug-likeness (QED) is 0.0326. The Morgan fingerprint density at radius 1 is 0.584 bits per heavy atom. The Balaban J connectivity index is 0.000000364. The van der Waals surface area contributed by atoms with Crippen LogP contribution in [-0.2, 0) is 67.8 Å². The maximum absolute atomic E-state index is 14.6. The van der Waals surface area contributed by atoms with Gasteiger partial charge in [-0.3, -0.25) is 33.6 Å². The lowest BCUT2D eigenvalue weighted by molar-refractivity contribution is -0.157. The Hall–Kier alpha value is -5.48. The summed E-state index contributed by atoms with van der Waals surface area (Å²) in [6.07, 6.45) is 5.82. The molecule has 4 heterocycles. The lowest BCUT2D eigenvalue weighted by Gasteiger charge is -2.36. The van der Waals surface area contributed by atoms with E-state index in [1.807, 2.05) is 27.7 Å². The zero-order valence-electron chi connectivity index (χ0n) is 63.6. The van der Waals surface area contributed by atoms with Crippen LogP contribution in [0.2, 0.25) is 51.4 Å². The van der Waals surface area contributed by atoms with Crippen molar-refractivity contribution in [1.29, 1.82) is 0 Å². The standard InChI is InChI=1S/C36H63N5O9SSi.C34H61N5O8SSi/c1-11-18-37-32(44)30(49-24(2)42)26-17-15-13-12-14-16-19-40(51(47,48)20-21-52(8,9)10)23-27(39-34(46)50-35(3,4)5)33(45)41-22-25-28(36(25,6)7)29(41)31(43)38-26;1-10-17-35-30(42)28(40)24-16-14-12-11-13-15-18-38(48(45,46)19-20-49(7,8)9)22-25(37-32(44)47-33(2,3)4)31(43)39-21-23-26(34(23,5)6)27(39)29(41)36-24/h11,25-30H,1,12-23H2,2-10H3,(H,37,44)(H,38,43)(H,39,46);10,23-28,40H,1,11-22H2,2-9H3,(H,35,42)(H,36,41)(H,37,44)/t25-,26-,27-,28-,29-,30?;23-,24-,25-,26-,27-,28?/m00/s1. The molecule has 4 saturated heterocycles. The van der Waals surface area contributed by atoms with Gasteiger partial charge in [0, 0.05) is 75.4 Å². The van der Waals surface area contributed by atoms with E-state index in [0.29, 0.717) is 63.5 Å². The van der Waals surface area contributed by atoms with Gasteiger partial charge in [-0.15, -0.1) is 13.2 Å². The number of nitrogens with one attached hydrogen (secondary N) is 6. The molecule has 8 amide bonds. The van der Waals surface area contributed by atoms with Crippen LogP contribution >= 0.6 is 0 Å². The van der Waals surface area contributed by atoms with Gasteiger partial charge in [0.15, 0.2) is 12.2 Å². The van der Waals surface area contributed by atoms with Gasteiger partial charge >= 0.3 is 18.2 Å². The molecular formula is C70H124N10O17S2Si2. The van der Waals surface area contributed by atoms with Crippen LogP contribution < -0.4 is 31.9 Å². The molecule has 12 atom stereocenters. The van der Waals surface area contributed by atoms with Gasteiger partial charge < -0.3 is 61.0 Å². The number of ether oxygens (including phenoxy) is 3. The largest absolute Gasteiger partial charge is 0.450 e. The summed E-state index contributed by atoms with van der Waals surface area (Å²) in [7, 11) is -11.1. The smallest absolute Gasteiger partial charge is 0.408 e. The minimum absolute atomic E-state index is 0.00676. The number of alkyl carbamates (subject to hydrolysis) is 2. The summed E-state index contributed by atoms with van der Waals surface area (Å²) in [6.45, 7) is 39.8. The van der Waals surface area contributed by atoms with Crippen LogP contribution in [-0.4, -0.2) is 234 Å². The Labute approximate surface area is 604 Å². The molecule has 2 saturated carbocycles. The number of hydrogen-bond acceptors (Lipinski definition) is 17. The van der Waals surface area contributed by atoms with Crippen molar-refractivity contribution in [1.82, 2.24) is 50.3 Å². The summed E-state index contributed by atoms with van der Waals surface area (Å²) in [4.78, 5) is 125. The van der Waals surface area contributed by atoms with Crippen molar-refractivity contribution in [3.05, 3.63) is 25.3 Å². The Bertz CT molecular complexity index is 3180. The molecule has 2 unspecified atom stereocenters. The Kier molecular flexibility index (Phi) is 30.3. The van der Waals surface area contributed by atoms with E-state index in [4.69, 9.17) is 14.2 Å². The second-order valence-electron chi connectivity index (χ2n) is 34.0. The molecule has 27 nitrogen and oxygen atoms in total. The summed E-state index contributed by atoms with van der Waals surface area (Å²) < 4.78 is 74.6. The number of aliphatic hydroxyl groups is 1. The number of esters is 1. The van der Waals surface area contributed by atoms with E-state index in [1.165, 1.54) is 37.5 Å². The molecule has 576 valence electrons. The normalized spacial score (nSPS) is 27.5. The number of nitrogens with zero attached hydrogens (tertiary/aromatic N) is 4. The molecule has 0 radical (unpaired) electrons. The van der Waals surface area contributed by atoms with Gasteiger partial charge in [-0.25, -0.2) is 26.4 Å². The summed E-state index contributed by atoms with van der Waals surface area (Å²) >= 11 is 0. The number of fused-ring (bicyclic) bond motifs is 6. The van der Waals surface area contributed by atoms with Crippen molar-refractivity contribution in [2.24, 2.45) is 34.5 Å². The van der Waals surface area contributed by atoms with E-state index in [1.54, 1.807) is 41.5 Å². The highest BCUT2D eigenvalue weighted by Crippen LogP contribution is 2.66. The van der Waals surface area contributed by atoms with E-state index < -0.39 is 149 Å². The summed E-state index contributed by atoms with van der Waals surface area (Å²) in [5.74, 6) is -4.59. The number of carbonyl (C=O) groups excluding carboxylic acids is 9. The van der Waals surface area contributed by atoms with E-state index in [2.05, 4.69) is 84.3 Å². The molecule has 2 aliphatic carbocycles. The molecule has 6 rings (SSSR count). The number of hydrogen-bond donors (Lipinski definition) is 7. The third kappa shape index (κ3) is 25.4. The van der Waals surface area contributed by atoms with E-state index >= 15 is 0 Å². The average molecular weight is 1500 g/mol. The number of rotatable bonds is 19. The van der Waals surface area contributed by atoms with Gasteiger partial charge in [-0.05, 0) is 114 Å². The number of piperidine rings is 2. The van der Waals surface area contributed by atoms with Crippen LogP contribution in [0.5, 0.6) is 0 Å². The molecule has 0 aromatic heterocycles. The number of amides is 8. The van der Waals surface area contributed by atoms with Crippen LogP contribution in [0, 0.1) is 34.5 Å². The highest BCUT2D eigenvalue weighted by molar-refractivity contribution is 7.89. The van der Waals surface area contributed by atoms with Crippen LogP contribution in [0.3, 0.4) is 0 Å². The van der Waals surface area contributed by atoms with Crippen molar-refractivity contribution >= 4 is 89.8 Å². The summed E-state index contributed by atoms with van der Waals surface area (Å²) in [5, 5.41) is 27.5.